The summed E-state index contributed by atoms with van der Waals surface area (Å²) in [5.41, 5.74) is 0.281. The maximum absolute atomic E-state index is 12.6. The molecule has 0 aromatic heterocycles. The van der Waals surface area contributed by atoms with E-state index in [0.29, 0.717) is 21.9 Å². The van der Waals surface area contributed by atoms with Gasteiger partial charge in [-0.15, -0.1) is 13.2 Å². The van der Waals surface area contributed by atoms with Gasteiger partial charge < -0.3 is 14.4 Å². The van der Waals surface area contributed by atoms with E-state index in [1.54, 1.807) is 38.1 Å². The number of carbonyl (C=O) groups excluding carboxylic acids is 3. The number of imide groups is 1. The second-order valence-electron chi connectivity index (χ2n) is 8.36. The minimum Gasteiger partial charge on any atom is -0.491 e. The number of halogens is 3. The molecule has 0 radical (unpaired) electrons. The zero-order valence-corrected chi connectivity index (χ0v) is 19.2. The van der Waals surface area contributed by atoms with Crippen LogP contribution in [0.25, 0.3) is 11.1 Å². The Hall–Kier alpha value is -3.80. The van der Waals surface area contributed by atoms with E-state index in [-0.39, 0.29) is 25.3 Å². The molecule has 9 nitrogen and oxygen atoms in total. The molecular weight excluding hydrogens is 471 g/mol. The highest BCUT2D eigenvalue weighted by atomic mass is 19.4. The molecule has 1 aliphatic heterocycles. The van der Waals surface area contributed by atoms with Gasteiger partial charge in [-0.3, -0.25) is 19.7 Å². The van der Waals surface area contributed by atoms with Crippen LogP contribution in [0.5, 0.6) is 11.5 Å². The number of ether oxygens (including phenoxy) is 2. The van der Waals surface area contributed by atoms with Crippen molar-refractivity contribution in [3.8, 4) is 22.6 Å². The molecule has 0 aliphatic carbocycles. The number of urea groups is 1. The van der Waals surface area contributed by atoms with Gasteiger partial charge in [-0.25, -0.2) is 9.86 Å². The SMILES string of the molecule is CN1C(=O)N(C[C@@H](COc2ccc(-c3ccc(OC(F)(F)F)cc3)cc2)N(O)C=O)C(=O)C1(C)C. The zero-order valence-electron chi connectivity index (χ0n) is 19.2. The van der Waals surface area contributed by atoms with E-state index in [2.05, 4.69) is 4.74 Å². The highest BCUT2D eigenvalue weighted by molar-refractivity contribution is 6.06. The van der Waals surface area contributed by atoms with Crippen molar-refractivity contribution in [3.05, 3.63) is 48.5 Å². The lowest BCUT2D eigenvalue weighted by molar-refractivity contribution is -0.274. The Bertz CT molecular complexity index is 1070. The van der Waals surface area contributed by atoms with Crippen molar-refractivity contribution >= 4 is 18.3 Å². The molecule has 188 valence electrons. The highest BCUT2D eigenvalue weighted by Crippen LogP contribution is 2.28. The van der Waals surface area contributed by atoms with E-state index < -0.39 is 29.9 Å². The second-order valence-corrected chi connectivity index (χ2v) is 8.36. The molecule has 0 spiro atoms. The normalized spacial score (nSPS) is 16.3. The average molecular weight is 495 g/mol. The van der Waals surface area contributed by atoms with E-state index in [0.717, 1.165) is 4.90 Å². The Morgan fingerprint density at radius 2 is 1.54 bits per heavy atom. The van der Waals surface area contributed by atoms with Gasteiger partial charge in [-0.05, 0) is 49.2 Å². The summed E-state index contributed by atoms with van der Waals surface area (Å²) >= 11 is 0. The van der Waals surface area contributed by atoms with Crippen molar-refractivity contribution in [3.63, 3.8) is 0 Å². The monoisotopic (exact) mass is 495 g/mol. The highest BCUT2D eigenvalue weighted by Gasteiger charge is 2.50. The molecule has 0 unspecified atom stereocenters. The number of amides is 4. The molecule has 1 N–H and O–H groups in total. The van der Waals surface area contributed by atoms with Crippen LogP contribution in [0.2, 0.25) is 0 Å². The van der Waals surface area contributed by atoms with Gasteiger partial charge in [0.25, 0.3) is 5.91 Å². The summed E-state index contributed by atoms with van der Waals surface area (Å²) < 4.78 is 46.4. The average Bonchev–Trinajstić information content (AvgIpc) is 2.95. The van der Waals surface area contributed by atoms with Crippen molar-refractivity contribution in [1.29, 1.82) is 0 Å². The number of alkyl halides is 3. The topological polar surface area (TPSA) is 99.6 Å². The quantitative estimate of drug-likeness (QED) is 0.247. The molecule has 3 rings (SSSR count). The van der Waals surface area contributed by atoms with Crippen LogP contribution in [-0.2, 0) is 9.59 Å². The molecule has 1 aliphatic rings. The number of hydrogen-bond acceptors (Lipinski definition) is 6. The molecule has 35 heavy (non-hydrogen) atoms. The van der Waals surface area contributed by atoms with Crippen molar-refractivity contribution in [2.75, 3.05) is 20.2 Å². The van der Waals surface area contributed by atoms with Gasteiger partial charge in [0.2, 0.25) is 6.41 Å². The van der Waals surface area contributed by atoms with Gasteiger partial charge in [0, 0.05) is 7.05 Å². The first-order chi connectivity index (χ1) is 16.3. The first kappa shape index (κ1) is 25.8. The summed E-state index contributed by atoms with van der Waals surface area (Å²) in [4.78, 5) is 38.4. The fourth-order valence-electron chi connectivity index (χ4n) is 3.44. The predicted molar refractivity (Wildman–Crippen MR) is 116 cm³/mol. The van der Waals surface area contributed by atoms with Crippen LogP contribution in [0.4, 0.5) is 18.0 Å². The van der Waals surface area contributed by atoms with Crippen molar-refractivity contribution in [1.82, 2.24) is 14.9 Å². The summed E-state index contributed by atoms with van der Waals surface area (Å²) in [6.45, 7) is 2.69. The van der Waals surface area contributed by atoms with Crippen molar-refractivity contribution < 1.29 is 42.2 Å². The van der Waals surface area contributed by atoms with E-state index in [9.17, 15) is 32.8 Å². The lowest BCUT2D eigenvalue weighted by Crippen LogP contribution is -2.48. The molecule has 0 bridgehead atoms. The Labute approximate surface area is 199 Å². The Balaban J connectivity index is 1.65. The first-order valence-corrected chi connectivity index (χ1v) is 10.4. The number of rotatable bonds is 9. The smallest absolute Gasteiger partial charge is 0.491 e. The largest absolute Gasteiger partial charge is 0.573 e. The number of nitrogens with zero attached hydrogens (tertiary/aromatic N) is 3. The Kier molecular flexibility index (Phi) is 7.25. The van der Waals surface area contributed by atoms with Crippen LogP contribution in [0.1, 0.15) is 13.8 Å². The molecule has 1 atom stereocenters. The van der Waals surface area contributed by atoms with Gasteiger partial charge in [-0.2, -0.15) is 0 Å². The first-order valence-electron chi connectivity index (χ1n) is 10.4. The number of hydrogen-bond donors (Lipinski definition) is 1. The number of carbonyl (C=O) groups is 3. The summed E-state index contributed by atoms with van der Waals surface area (Å²) in [6.07, 6.45) is -4.61. The zero-order chi connectivity index (χ0) is 26.0. The number of likely N-dealkylation sites (N-methyl/N-ethyl adjacent to an activating group) is 1. The summed E-state index contributed by atoms with van der Waals surface area (Å²) in [5, 5.41) is 10.3. The third kappa shape index (κ3) is 5.83. The van der Waals surface area contributed by atoms with Crippen LogP contribution in [-0.4, -0.2) is 76.6 Å². The summed E-state index contributed by atoms with van der Waals surface area (Å²) in [6, 6.07) is 10.3. The lowest BCUT2D eigenvalue weighted by atomic mass is 10.1. The van der Waals surface area contributed by atoms with Crippen LogP contribution < -0.4 is 9.47 Å². The van der Waals surface area contributed by atoms with Crippen LogP contribution >= 0.6 is 0 Å². The van der Waals surface area contributed by atoms with Gasteiger partial charge in [0.15, 0.2) is 0 Å². The molecule has 1 heterocycles. The molecule has 1 fully saturated rings. The predicted octanol–water partition coefficient (Wildman–Crippen LogP) is 3.52. The Morgan fingerprint density at radius 1 is 1.03 bits per heavy atom. The second kappa shape index (κ2) is 9.82. The van der Waals surface area contributed by atoms with Crippen LogP contribution in [0, 0.1) is 0 Å². The van der Waals surface area contributed by atoms with Crippen molar-refractivity contribution in [2.45, 2.75) is 31.8 Å². The molecule has 2 aromatic carbocycles. The van der Waals surface area contributed by atoms with Crippen LogP contribution in [0.15, 0.2) is 48.5 Å². The lowest BCUT2D eigenvalue weighted by Gasteiger charge is -2.26. The van der Waals surface area contributed by atoms with E-state index in [4.69, 9.17) is 4.74 Å². The molecule has 12 heteroatoms. The van der Waals surface area contributed by atoms with Gasteiger partial charge in [0.05, 0.1) is 6.54 Å². The minimum absolute atomic E-state index is 0.156. The molecule has 4 amide bonds. The van der Waals surface area contributed by atoms with E-state index >= 15 is 0 Å². The van der Waals surface area contributed by atoms with Crippen LogP contribution in [0.3, 0.4) is 0 Å². The molecule has 0 saturated carbocycles. The fourth-order valence-corrected chi connectivity index (χ4v) is 3.44. The standard InChI is InChI=1S/C23H24F3N3O6/c1-22(2)20(31)28(21(32)27(22)3)12-17(29(33)14-30)13-34-18-8-4-15(5-9-18)16-6-10-19(11-7-16)35-23(24,25)26/h4-11,14,17,33H,12-13H2,1-3H3/t17-/m0/s1. The number of hydroxylamine groups is 2. The van der Waals surface area contributed by atoms with Gasteiger partial charge >= 0.3 is 12.4 Å². The maximum Gasteiger partial charge on any atom is 0.573 e. The van der Waals surface area contributed by atoms with Gasteiger partial charge in [0.1, 0.15) is 29.7 Å². The molecular formula is C23H24F3N3O6. The molecule has 1 saturated heterocycles. The third-order valence-corrected chi connectivity index (χ3v) is 5.72. The Morgan fingerprint density at radius 3 is 1.97 bits per heavy atom. The third-order valence-electron chi connectivity index (χ3n) is 5.72. The summed E-state index contributed by atoms with van der Waals surface area (Å²) in [5.74, 6) is -0.433. The van der Waals surface area contributed by atoms with E-state index in [1.165, 1.54) is 36.2 Å². The molecule has 2 aromatic rings. The van der Waals surface area contributed by atoms with E-state index in [1.807, 2.05) is 0 Å². The number of benzene rings is 2. The maximum atomic E-state index is 12.6. The fraction of sp³-hybridized carbons (Fsp3) is 0.348. The van der Waals surface area contributed by atoms with Gasteiger partial charge in [-0.1, -0.05) is 24.3 Å². The van der Waals surface area contributed by atoms with Crippen molar-refractivity contribution in [2.24, 2.45) is 0 Å². The summed E-state index contributed by atoms with van der Waals surface area (Å²) in [7, 11) is 1.49. The minimum atomic E-state index is -4.77.